The lowest BCUT2D eigenvalue weighted by molar-refractivity contribution is -0.137. The van der Waals surface area contributed by atoms with E-state index in [4.69, 9.17) is 9.97 Å². The maximum atomic E-state index is 14.1. The van der Waals surface area contributed by atoms with Gasteiger partial charge in [0.2, 0.25) is 0 Å². The van der Waals surface area contributed by atoms with E-state index < -0.39 is 17.6 Å². The number of alkyl halides is 3. The Hall–Kier alpha value is -3.52. The SMILES string of the molecule is CCc1cccc2c(N(C)CCCNC)nc(-c3cccc(-c4cc(F)cc(C(F)(F)F)c4)c3)nc12. The van der Waals surface area contributed by atoms with Crippen LogP contribution < -0.4 is 10.2 Å². The fraction of sp³-hybridized carbons (Fsp3) is 0.286. The Balaban J connectivity index is 1.83. The van der Waals surface area contributed by atoms with Gasteiger partial charge in [-0.15, -0.1) is 0 Å². The number of anilines is 1. The van der Waals surface area contributed by atoms with E-state index in [0.29, 0.717) is 23.0 Å². The summed E-state index contributed by atoms with van der Waals surface area (Å²) < 4.78 is 53.9. The molecule has 1 aromatic heterocycles. The van der Waals surface area contributed by atoms with Crippen molar-refractivity contribution < 1.29 is 17.6 Å². The number of aryl methyl sites for hydroxylation is 1. The van der Waals surface area contributed by atoms with E-state index in [0.717, 1.165) is 60.3 Å². The number of hydrogen-bond acceptors (Lipinski definition) is 4. The van der Waals surface area contributed by atoms with E-state index >= 15 is 0 Å². The number of rotatable bonds is 8. The van der Waals surface area contributed by atoms with Gasteiger partial charge in [-0.2, -0.15) is 13.2 Å². The normalized spacial score (nSPS) is 11.8. The average Bonchev–Trinajstić information content (AvgIpc) is 2.87. The highest BCUT2D eigenvalue weighted by atomic mass is 19.4. The number of fused-ring (bicyclic) bond motifs is 1. The number of nitrogens with one attached hydrogen (secondary N) is 1. The molecular weight excluding hydrogens is 468 g/mol. The highest BCUT2D eigenvalue weighted by molar-refractivity contribution is 5.93. The number of aromatic nitrogens is 2. The van der Waals surface area contributed by atoms with Crippen LogP contribution in [0.2, 0.25) is 0 Å². The molecule has 0 aliphatic rings. The first-order chi connectivity index (χ1) is 17.2. The molecule has 4 nitrogen and oxygen atoms in total. The zero-order valence-corrected chi connectivity index (χ0v) is 20.5. The summed E-state index contributed by atoms with van der Waals surface area (Å²) in [4.78, 5) is 11.8. The minimum atomic E-state index is -4.64. The van der Waals surface area contributed by atoms with E-state index in [9.17, 15) is 17.6 Å². The van der Waals surface area contributed by atoms with Gasteiger partial charge in [0, 0.05) is 24.5 Å². The van der Waals surface area contributed by atoms with Crippen LogP contribution in [0.5, 0.6) is 0 Å². The molecule has 0 fully saturated rings. The predicted molar refractivity (Wildman–Crippen MR) is 137 cm³/mol. The molecule has 4 aromatic rings. The smallest absolute Gasteiger partial charge is 0.359 e. The van der Waals surface area contributed by atoms with Crippen molar-refractivity contribution in [3.05, 3.63) is 77.6 Å². The van der Waals surface area contributed by atoms with Crippen LogP contribution in [0.15, 0.2) is 60.7 Å². The van der Waals surface area contributed by atoms with Crippen molar-refractivity contribution in [3.63, 3.8) is 0 Å². The molecule has 1 heterocycles. The lowest BCUT2D eigenvalue weighted by Crippen LogP contribution is -2.23. The molecule has 1 N–H and O–H groups in total. The quantitative estimate of drug-likeness (QED) is 0.217. The van der Waals surface area contributed by atoms with Gasteiger partial charge < -0.3 is 10.2 Å². The third-order valence-corrected chi connectivity index (χ3v) is 6.13. The van der Waals surface area contributed by atoms with Crippen molar-refractivity contribution in [2.45, 2.75) is 25.9 Å². The Labute approximate surface area is 208 Å². The Kier molecular flexibility index (Phi) is 7.54. The molecule has 0 radical (unpaired) electrons. The second kappa shape index (κ2) is 10.6. The summed E-state index contributed by atoms with van der Waals surface area (Å²) in [6.07, 6.45) is -2.92. The summed E-state index contributed by atoms with van der Waals surface area (Å²) in [6.45, 7) is 3.72. The molecule has 0 saturated carbocycles. The molecule has 0 unspecified atom stereocenters. The van der Waals surface area contributed by atoms with E-state index in [1.54, 1.807) is 18.2 Å². The number of para-hydroxylation sites is 1. The molecule has 0 atom stereocenters. The van der Waals surface area contributed by atoms with Gasteiger partial charge in [0.1, 0.15) is 11.6 Å². The molecule has 188 valence electrons. The van der Waals surface area contributed by atoms with Crippen molar-refractivity contribution in [1.29, 1.82) is 0 Å². The highest BCUT2D eigenvalue weighted by Crippen LogP contribution is 2.35. The minimum absolute atomic E-state index is 0.142. The lowest BCUT2D eigenvalue weighted by atomic mass is 10.00. The third kappa shape index (κ3) is 5.49. The monoisotopic (exact) mass is 496 g/mol. The summed E-state index contributed by atoms with van der Waals surface area (Å²) >= 11 is 0. The van der Waals surface area contributed by atoms with Crippen LogP contribution in [0, 0.1) is 5.82 Å². The second-order valence-corrected chi connectivity index (χ2v) is 8.72. The fourth-order valence-electron chi connectivity index (χ4n) is 4.26. The first-order valence-electron chi connectivity index (χ1n) is 11.8. The van der Waals surface area contributed by atoms with Crippen LogP contribution in [-0.4, -0.2) is 37.2 Å². The van der Waals surface area contributed by atoms with Gasteiger partial charge in [-0.05, 0) is 73.5 Å². The number of halogens is 4. The summed E-state index contributed by atoms with van der Waals surface area (Å²) in [6, 6.07) is 15.5. The molecule has 4 rings (SSSR count). The molecule has 3 aromatic carbocycles. The first-order valence-corrected chi connectivity index (χ1v) is 11.8. The maximum Gasteiger partial charge on any atom is 0.416 e. The number of hydrogen-bond donors (Lipinski definition) is 1. The minimum Gasteiger partial charge on any atom is -0.359 e. The molecule has 0 saturated heterocycles. The van der Waals surface area contributed by atoms with E-state index in [1.165, 1.54) is 0 Å². The summed E-state index contributed by atoms with van der Waals surface area (Å²) in [5.74, 6) is 0.315. The van der Waals surface area contributed by atoms with Gasteiger partial charge in [0.15, 0.2) is 5.82 Å². The Morgan fingerprint density at radius 1 is 0.917 bits per heavy atom. The average molecular weight is 497 g/mol. The van der Waals surface area contributed by atoms with Crippen molar-refractivity contribution >= 4 is 16.7 Å². The van der Waals surface area contributed by atoms with Gasteiger partial charge >= 0.3 is 6.18 Å². The van der Waals surface area contributed by atoms with Gasteiger partial charge in [-0.3, -0.25) is 0 Å². The van der Waals surface area contributed by atoms with Crippen LogP contribution in [0.3, 0.4) is 0 Å². The summed E-state index contributed by atoms with van der Waals surface area (Å²) in [7, 11) is 3.90. The highest BCUT2D eigenvalue weighted by Gasteiger charge is 2.31. The zero-order chi connectivity index (χ0) is 25.9. The standard InChI is InChI=1S/C28H28F4N4/c1-4-18-8-6-11-24-25(18)34-26(35-27(24)36(3)13-7-12-33-2)20-10-5-9-19(14-20)21-15-22(28(30,31)32)17-23(29)16-21/h5-6,8-11,14-17,33H,4,7,12-13H2,1-3H3. The van der Waals surface area contributed by atoms with Crippen molar-refractivity contribution in [3.8, 4) is 22.5 Å². The van der Waals surface area contributed by atoms with Crippen LogP contribution in [0.25, 0.3) is 33.4 Å². The van der Waals surface area contributed by atoms with Gasteiger partial charge in [0.05, 0.1) is 11.1 Å². The lowest BCUT2D eigenvalue weighted by Gasteiger charge is -2.21. The molecule has 0 bridgehead atoms. The van der Waals surface area contributed by atoms with Gasteiger partial charge in [-0.25, -0.2) is 14.4 Å². The second-order valence-electron chi connectivity index (χ2n) is 8.72. The molecule has 0 aliphatic heterocycles. The number of nitrogens with zero attached hydrogens (tertiary/aromatic N) is 3. The fourth-order valence-corrected chi connectivity index (χ4v) is 4.26. The Bertz CT molecular complexity index is 1370. The molecule has 36 heavy (non-hydrogen) atoms. The van der Waals surface area contributed by atoms with Crippen molar-refractivity contribution in [1.82, 2.24) is 15.3 Å². The third-order valence-electron chi connectivity index (χ3n) is 6.13. The van der Waals surface area contributed by atoms with E-state index in [2.05, 4.69) is 17.1 Å². The number of benzene rings is 3. The van der Waals surface area contributed by atoms with Crippen molar-refractivity contribution in [2.75, 3.05) is 32.1 Å². The largest absolute Gasteiger partial charge is 0.416 e. The summed E-state index contributed by atoms with van der Waals surface area (Å²) in [5.41, 5.74) is 2.14. The van der Waals surface area contributed by atoms with Gasteiger partial charge in [0.25, 0.3) is 0 Å². The molecule has 0 amide bonds. The first kappa shape index (κ1) is 25.6. The topological polar surface area (TPSA) is 41.0 Å². The van der Waals surface area contributed by atoms with E-state index in [1.807, 2.05) is 38.4 Å². The van der Waals surface area contributed by atoms with Crippen LogP contribution in [0.4, 0.5) is 23.4 Å². The van der Waals surface area contributed by atoms with Crippen LogP contribution >= 0.6 is 0 Å². The van der Waals surface area contributed by atoms with Gasteiger partial charge in [-0.1, -0.05) is 37.3 Å². The van der Waals surface area contributed by atoms with Crippen LogP contribution in [-0.2, 0) is 12.6 Å². The zero-order valence-electron chi connectivity index (χ0n) is 20.5. The molecule has 0 aliphatic carbocycles. The molecule has 0 spiro atoms. The van der Waals surface area contributed by atoms with Crippen molar-refractivity contribution in [2.24, 2.45) is 0 Å². The molecular formula is C28H28F4N4. The molecule has 8 heteroatoms. The predicted octanol–water partition coefficient (Wildman–Crippen LogP) is 6.73. The van der Waals surface area contributed by atoms with E-state index in [-0.39, 0.29) is 5.56 Å². The maximum absolute atomic E-state index is 14.1. The summed E-state index contributed by atoms with van der Waals surface area (Å²) in [5, 5.41) is 4.10. The Morgan fingerprint density at radius 3 is 2.39 bits per heavy atom. The van der Waals surface area contributed by atoms with Crippen LogP contribution in [0.1, 0.15) is 24.5 Å². The Morgan fingerprint density at radius 2 is 1.67 bits per heavy atom.